The van der Waals surface area contributed by atoms with Gasteiger partial charge < -0.3 is 10.2 Å². The van der Waals surface area contributed by atoms with Gasteiger partial charge in [-0.1, -0.05) is 60.2 Å². The van der Waals surface area contributed by atoms with Crippen LogP contribution in [0, 0.1) is 6.92 Å². The second-order valence-electron chi connectivity index (χ2n) is 6.39. The van der Waals surface area contributed by atoms with Crippen molar-refractivity contribution >= 4 is 17.3 Å². The molecule has 0 aromatic heterocycles. The number of thiocarbonyl (C=S) groups is 1. The van der Waals surface area contributed by atoms with E-state index in [-0.39, 0.29) is 0 Å². The number of hydrogen-bond donors (Lipinski definition) is 1. The lowest BCUT2D eigenvalue weighted by Gasteiger charge is -2.36. The zero-order chi connectivity index (χ0) is 16.8. The zero-order valence-electron chi connectivity index (χ0n) is 14.2. The second kappa shape index (κ2) is 8.27. The molecule has 3 nitrogen and oxygen atoms in total. The van der Waals surface area contributed by atoms with E-state index in [2.05, 4.69) is 76.6 Å². The van der Waals surface area contributed by atoms with Crippen molar-refractivity contribution in [3.05, 3.63) is 71.3 Å². The maximum absolute atomic E-state index is 5.56. The average molecular weight is 340 g/mol. The van der Waals surface area contributed by atoms with E-state index in [4.69, 9.17) is 12.2 Å². The highest BCUT2D eigenvalue weighted by Gasteiger charge is 2.18. The number of piperazine rings is 1. The molecule has 1 aliphatic heterocycles. The van der Waals surface area contributed by atoms with Crippen LogP contribution in [-0.2, 0) is 13.1 Å². The topological polar surface area (TPSA) is 18.5 Å². The molecule has 1 fully saturated rings. The minimum atomic E-state index is 0.795. The maximum atomic E-state index is 5.56. The van der Waals surface area contributed by atoms with Gasteiger partial charge in [-0.2, -0.15) is 0 Å². The molecule has 3 rings (SSSR count). The van der Waals surface area contributed by atoms with E-state index in [1.54, 1.807) is 0 Å². The van der Waals surface area contributed by atoms with Crippen LogP contribution in [-0.4, -0.2) is 41.1 Å². The van der Waals surface area contributed by atoms with E-state index >= 15 is 0 Å². The predicted molar refractivity (Wildman–Crippen MR) is 104 cm³/mol. The molecule has 24 heavy (non-hydrogen) atoms. The van der Waals surface area contributed by atoms with Gasteiger partial charge in [0, 0.05) is 39.3 Å². The third kappa shape index (κ3) is 4.79. The Bertz CT molecular complexity index is 646. The molecule has 0 amide bonds. The Balaban J connectivity index is 1.42. The van der Waals surface area contributed by atoms with Gasteiger partial charge in [-0.25, -0.2) is 0 Å². The number of nitrogens with zero attached hydrogens (tertiary/aromatic N) is 2. The van der Waals surface area contributed by atoms with Crippen LogP contribution in [0.4, 0.5) is 0 Å². The highest BCUT2D eigenvalue weighted by atomic mass is 32.1. The van der Waals surface area contributed by atoms with Gasteiger partial charge in [0.25, 0.3) is 0 Å². The minimum Gasteiger partial charge on any atom is -0.358 e. The Morgan fingerprint density at radius 2 is 1.58 bits per heavy atom. The van der Waals surface area contributed by atoms with Gasteiger partial charge in [-0.05, 0) is 30.3 Å². The van der Waals surface area contributed by atoms with Crippen LogP contribution in [0.5, 0.6) is 0 Å². The van der Waals surface area contributed by atoms with Crippen molar-refractivity contribution in [2.75, 3.05) is 26.2 Å². The molecule has 0 radical (unpaired) electrons. The number of nitrogens with one attached hydrogen (secondary N) is 1. The lowest BCUT2D eigenvalue weighted by atomic mass is 10.1. The van der Waals surface area contributed by atoms with Crippen molar-refractivity contribution in [2.24, 2.45) is 0 Å². The quantitative estimate of drug-likeness (QED) is 0.862. The van der Waals surface area contributed by atoms with Crippen molar-refractivity contribution in [1.82, 2.24) is 15.1 Å². The van der Waals surface area contributed by atoms with Crippen molar-refractivity contribution in [3.8, 4) is 0 Å². The third-order valence-electron chi connectivity index (χ3n) is 4.47. The summed E-state index contributed by atoms with van der Waals surface area (Å²) in [7, 11) is 0. The van der Waals surface area contributed by atoms with Gasteiger partial charge in [0.15, 0.2) is 5.11 Å². The standard InChI is InChI=1S/C20H25N3S/c1-17-7-9-18(10-8-17)15-21-20(24)23-13-11-22(12-14-23)16-19-5-3-2-4-6-19/h2-10H,11-16H2,1H3,(H,21,24). The Labute approximate surface area is 150 Å². The van der Waals surface area contributed by atoms with Gasteiger partial charge in [0.2, 0.25) is 0 Å². The van der Waals surface area contributed by atoms with Gasteiger partial charge in [-0.3, -0.25) is 4.90 Å². The molecule has 0 atom stereocenters. The molecule has 0 bridgehead atoms. The van der Waals surface area contributed by atoms with Crippen molar-refractivity contribution in [3.63, 3.8) is 0 Å². The Kier molecular flexibility index (Phi) is 5.83. The van der Waals surface area contributed by atoms with Gasteiger partial charge in [0.1, 0.15) is 0 Å². The largest absolute Gasteiger partial charge is 0.358 e. The lowest BCUT2D eigenvalue weighted by Crippen LogP contribution is -2.51. The second-order valence-corrected chi connectivity index (χ2v) is 6.78. The van der Waals surface area contributed by atoms with E-state index in [1.807, 2.05) is 0 Å². The van der Waals surface area contributed by atoms with Gasteiger partial charge in [-0.15, -0.1) is 0 Å². The normalized spacial score (nSPS) is 15.3. The molecule has 0 spiro atoms. The summed E-state index contributed by atoms with van der Waals surface area (Å²) < 4.78 is 0. The highest BCUT2D eigenvalue weighted by Crippen LogP contribution is 2.09. The van der Waals surface area contributed by atoms with Crippen LogP contribution in [0.3, 0.4) is 0 Å². The minimum absolute atomic E-state index is 0.795. The van der Waals surface area contributed by atoms with Gasteiger partial charge >= 0.3 is 0 Å². The smallest absolute Gasteiger partial charge is 0.169 e. The first-order valence-electron chi connectivity index (χ1n) is 8.55. The Hall–Kier alpha value is -1.91. The molecule has 0 saturated carbocycles. The van der Waals surface area contributed by atoms with Crippen LogP contribution < -0.4 is 5.32 Å². The fourth-order valence-electron chi connectivity index (χ4n) is 2.95. The predicted octanol–water partition coefficient (Wildman–Crippen LogP) is 3.19. The molecule has 1 heterocycles. The lowest BCUT2D eigenvalue weighted by molar-refractivity contribution is 0.174. The molecule has 4 heteroatoms. The first-order valence-corrected chi connectivity index (χ1v) is 8.96. The molecule has 1 aliphatic rings. The molecule has 0 unspecified atom stereocenters. The number of rotatable bonds is 4. The summed E-state index contributed by atoms with van der Waals surface area (Å²) in [6, 6.07) is 19.3. The van der Waals surface area contributed by atoms with Crippen LogP contribution in [0.25, 0.3) is 0 Å². The van der Waals surface area contributed by atoms with E-state index < -0.39 is 0 Å². The van der Waals surface area contributed by atoms with Crippen LogP contribution in [0.15, 0.2) is 54.6 Å². The zero-order valence-corrected chi connectivity index (χ0v) is 15.1. The molecule has 0 aliphatic carbocycles. The Morgan fingerprint density at radius 1 is 0.917 bits per heavy atom. The van der Waals surface area contributed by atoms with E-state index in [9.17, 15) is 0 Å². The summed E-state index contributed by atoms with van der Waals surface area (Å²) in [5, 5.41) is 4.26. The number of benzene rings is 2. The molecule has 2 aromatic rings. The molecule has 1 N–H and O–H groups in total. The first-order chi connectivity index (χ1) is 11.7. The average Bonchev–Trinajstić information content (AvgIpc) is 2.62. The fraction of sp³-hybridized carbons (Fsp3) is 0.350. The summed E-state index contributed by atoms with van der Waals surface area (Å²) in [6.07, 6.45) is 0. The van der Waals surface area contributed by atoms with Crippen LogP contribution >= 0.6 is 12.2 Å². The third-order valence-corrected chi connectivity index (χ3v) is 4.88. The fourth-order valence-corrected chi connectivity index (χ4v) is 3.20. The SMILES string of the molecule is Cc1ccc(CNC(=S)N2CCN(Cc3ccccc3)CC2)cc1. The highest BCUT2D eigenvalue weighted by molar-refractivity contribution is 7.80. The number of aryl methyl sites for hydroxylation is 1. The van der Waals surface area contributed by atoms with Crippen molar-refractivity contribution in [1.29, 1.82) is 0 Å². The summed E-state index contributed by atoms with van der Waals surface area (Å²) in [4.78, 5) is 4.78. The molecular formula is C20H25N3S. The molecule has 1 saturated heterocycles. The maximum Gasteiger partial charge on any atom is 0.169 e. The Morgan fingerprint density at radius 3 is 2.25 bits per heavy atom. The monoisotopic (exact) mass is 339 g/mol. The van der Waals surface area contributed by atoms with Crippen molar-refractivity contribution < 1.29 is 0 Å². The first kappa shape index (κ1) is 16.9. The van der Waals surface area contributed by atoms with E-state index in [1.165, 1.54) is 16.7 Å². The number of hydrogen-bond acceptors (Lipinski definition) is 2. The molecule has 126 valence electrons. The summed E-state index contributed by atoms with van der Waals surface area (Å²) in [6.45, 7) is 8.03. The summed E-state index contributed by atoms with van der Waals surface area (Å²) in [5.74, 6) is 0. The van der Waals surface area contributed by atoms with Gasteiger partial charge in [0.05, 0.1) is 0 Å². The van der Waals surface area contributed by atoms with Crippen LogP contribution in [0.1, 0.15) is 16.7 Å². The van der Waals surface area contributed by atoms with Crippen molar-refractivity contribution in [2.45, 2.75) is 20.0 Å². The molecular weight excluding hydrogens is 314 g/mol. The molecule has 2 aromatic carbocycles. The van der Waals surface area contributed by atoms with E-state index in [0.717, 1.165) is 44.4 Å². The van der Waals surface area contributed by atoms with Crippen LogP contribution in [0.2, 0.25) is 0 Å². The summed E-state index contributed by atoms with van der Waals surface area (Å²) >= 11 is 5.56. The summed E-state index contributed by atoms with van der Waals surface area (Å²) in [5.41, 5.74) is 3.94. The van der Waals surface area contributed by atoms with E-state index in [0.29, 0.717) is 0 Å².